The molecule has 92 heavy (non-hydrogen) atoms. The van der Waals surface area contributed by atoms with Crippen LogP contribution in [-0.2, 0) is 9.47 Å². The van der Waals surface area contributed by atoms with Gasteiger partial charge >= 0.3 is 0 Å². The maximum absolute atomic E-state index is 15.3. The third kappa shape index (κ3) is 16.1. The van der Waals surface area contributed by atoms with Crippen LogP contribution in [0.25, 0.3) is 53.9 Å². The molecule has 4 unspecified atom stereocenters. The fraction of sp³-hybridized carbons (Fsp3) is 0.290. The zero-order valence-electron chi connectivity index (χ0n) is 50.6. The summed E-state index contributed by atoms with van der Waals surface area (Å²) in [5.41, 5.74) is 1.66. The summed E-state index contributed by atoms with van der Waals surface area (Å²) < 4.78 is 112. The van der Waals surface area contributed by atoms with Gasteiger partial charge in [-0.2, -0.15) is 0 Å². The van der Waals surface area contributed by atoms with Gasteiger partial charge in [0.1, 0.15) is 34.8 Å². The second-order valence-electron chi connectivity index (χ2n) is 21.8. The summed E-state index contributed by atoms with van der Waals surface area (Å²) in [4.78, 5) is 25.2. The lowest BCUT2D eigenvalue weighted by Gasteiger charge is -2.45. The summed E-state index contributed by atoms with van der Waals surface area (Å²) >= 11 is 0. The normalized spacial score (nSPS) is 17.6. The number of morpholine rings is 2. The minimum atomic E-state index is -1.77. The number of hydrogen-bond donors (Lipinski definition) is 1. The predicted molar refractivity (Wildman–Crippen MR) is 334 cm³/mol. The molecule has 4 saturated heterocycles. The van der Waals surface area contributed by atoms with Crippen LogP contribution in [0, 0.1) is 101 Å². The molecule has 0 bridgehead atoms. The van der Waals surface area contributed by atoms with E-state index in [-0.39, 0.29) is 91.1 Å². The Morgan fingerprint density at radius 1 is 0.402 bits per heavy atom. The first-order chi connectivity index (χ1) is 44.3. The molecule has 23 heteroatoms. The number of anilines is 3. The number of ether oxygens (including phenoxy) is 2. The molecule has 0 saturated carbocycles. The Hall–Kier alpha value is -11.0. The maximum Gasteiger partial charge on any atom is 0.275 e. The van der Waals surface area contributed by atoms with E-state index in [1.165, 1.54) is 54.6 Å². The summed E-state index contributed by atoms with van der Waals surface area (Å²) in [5, 5.41) is 30.6. The quantitative estimate of drug-likeness (QED) is 0.0906. The van der Waals surface area contributed by atoms with E-state index in [2.05, 4.69) is 44.3 Å². The first kappa shape index (κ1) is 66.9. The Labute approximate surface area is 528 Å². The van der Waals surface area contributed by atoms with Crippen LogP contribution in [-0.4, -0.2) is 123 Å². The smallest absolute Gasteiger partial charge is 0.275 e. The highest BCUT2D eigenvalue weighted by atomic mass is 19.2. The zero-order valence-corrected chi connectivity index (χ0v) is 50.6. The minimum absolute atomic E-state index is 0.00223. The van der Waals surface area contributed by atoms with Crippen molar-refractivity contribution in [1.29, 1.82) is 15.8 Å². The number of nitrogens with zero attached hydrogens (tertiary/aromatic N) is 13. The average Bonchev–Trinajstić information content (AvgIpc) is 0.908. The van der Waals surface area contributed by atoms with Crippen LogP contribution in [0.5, 0.6) is 0 Å². The minimum Gasteiger partial charge on any atom is -0.372 e. The third-order valence-electron chi connectivity index (χ3n) is 15.4. The van der Waals surface area contributed by atoms with Gasteiger partial charge in [-0.25, -0.2) is 61.1 Å². The summed E-state index contributed by atoms with van der Waals surface area (Å²) in [7, 11) is 0. The van der Waals surface area contributed by atoms with Crippen molar-refractivity contribution in [2.75, 3.05) is 93.7 Å². The summed E-state index contributed by atoms with van der Waals surface area (Å²) in [6.45, 7) is 43.0. The highest BCUT2D eigenvalue weighted by Crippen LogP contribution is 2.26. The van der Waals surface area contributed by atoms with E-state index in [0.29, 0.717) is 21.3 Å². The number of halogens is 7. The van der Waals surface area contributed by atoms with Gasteiger partial charge in [0.2, 0.25) is 5.82 Å². The SMILES string of the molecule is [C-]#[N+]C(C#N)=c1c(F)c(F)c(=C(N2CC(C)OC(C)C2)N2CC(C)OC(C)C2)c(F)c1F.[C-]#[N+]C(C#N)=c1ccc(=C(N2CCN(c3ccc(F)cc3)CC2)N2CCN(c3ccc(F)cc3)CC2)cc1.[C-]#[N+]C(C#N)=c1ccc(=C([N+]#[C-])Nc2ccc(F)cc2)cc1. The van der Waals surface area contributed by atoms with Gasteiger partial charge in [0.15, 0.2) is 23.3 Å². The Morgan fingerprint density at radius 2 is 0.728 bits per heavy atom. The monoisotopic (exact) mass is 1250 g/mol. The van der Waals surface area contributed by atoms with Crippen LogP contribution in [0.3, 0.4) is 0 Å². The number of rotatable bonds is 8. The van der Waals surface area contributed by atoms with Crippen molar-refractivity contribution in [3.8, 4) is 18.2 Å². The Bertz CT molecular complexity index is 4170. The molecule has 1 N–H and O–H groups in total. The van der Waals surface area contributed by atoms with E-state index >= 15 is 8.78 Å². The van der Waals surface area contributed by atoms with Crippen molar-refractivity contribution in [1.82, 2.24) is 19.6 Å². The van der Waals surface area contributed by atoms with E-state index in [1.54, 1.807) is 61.8 Å². The van der Waals surface area contributed by atoms with Crippen molar-refractivity contribution < 1.29 is 40.2 Å². The van der Waals surface area contributed by atoms with E-state index in [4.69, 9.17) is 46.3 Å². The first-order valence-electron chi connectivity index (χ1n) is 29.2. The van der Waals surface area contributed by atoms with Crippen molar-refractivity contribution in [3.05, 3.63) is 239 Å². The molecule has 6 aromatic rings. The highest BCUT2D eigenvalue weighted by molar-refractivity contribution is 5.70. The third-order valence-corrected chi connectivity index (χ3v) is 15.4. The molecule has 0 aromatic heterocycles. The summed E-state index contributed by atoms with van der Waals surface area (Å²) in [6.07, 6.45) is -1.15. The van der Waals surface area contributed by atoms with Gasteiger partial charge in [-0.05, 0) is 116 Å². The molecule has 4 atom stereocenters. The lowest BCUT2D eigenvalue weighted by molar-refractivity contribution is -0.0744. The van der Waals surface area contributed by atoms with Gasteiger partial charge < -0.3 is 49.0 Å². The van der Waals surface area contributed by atoms with Gasteiger partial charge in [-0.15, -0.1) is 0 Å². The Morgan fingerprint density at radius 3 is 1.07 bits per heavy atom. The lowest BCUT2D eigenvalue weighted by Crippen LogP contribution is -2.54. The molecular formula is C69H61F7N14O2. The van der Waals surface area contributed by atoms with E-state index in [1.807, 2.05) is 60.7 Å². The molecule has 0 amide bonds. The van der Waals surface area contributed by atoms with Gasteiger partial charge in [0.05, 0.1) is 72.8 Å². The highest BCUT2D eigenvalue weighted by Gasteiger charge is 2.35. The first-order valence-corrected chi connectivity index (χ1v) is 29.2. The van der Waals surface area contributed by atoms with Crippen LogP contribution in [0.2, 0.25) is 0 Å². The summed E-state index contributed by atoms with van der Waals surface area (Å²) in [5.74, 6) is -6.25. The number of hydrogen-bond acceptors (Lipinski definition) is 12. The van der Waals surface area contributed by atoms with Gasteiger partial charge in [0, 0.05) is 95.1 Å². The molecule has 4 aliphatic heterocycles. The average molecular weight is 1250 g/mol. The molecule has 4 heterocycles. The van der Waals surface area contributed by atoms with E-state index in [9.17, 15) is 27.2 Å². The molecule has 4 aliphatic rings. The molecule has 6 aromatic carbocycles. The van der Waals surface area contributed by atoms with E-state index < -0.39 is 39.4 Å². The van der Waals surface area contributed by atoms with Crippen LogP contribution >= 0.6 is 0 Å². The molecule has 10 rings (SSSR count). The second kappa shape index (κ2) is 31.0. The van der Waals surface area contributed by atoms with Crippen LogP contribution < -0.4 is 46.4 Å². The molecule has 16 nitrogen and oxygen atoms in total. The second-order valence-corrected chi connectivity index (χ2v) is 21.8. The molecule has 0 spiro atoms. The molecule has 4 fully saturated rings. The lowest BCUT2D eigenvalue weighted by atomic mass is 10.1. The van der Waals surface area contributed by atoms with Crippen LogP contribution in [0.15, 0.2) is 121 Å². The number of nitrogens with one attached hydrogen (secondary N) is 1. The van der Waals surface area contributed by atoms with Crippen molar-refractivity contribution in [2.24, 2.45) is 0 Å². The largest absolute Gasteiger partial charge is 0.372 e. The van der Waals surface area contributed by atoms with E-state index in [0.717, 1.165) is 74.8 Å². The fourth-order valence-electron chi connectivity index (χ4n) is 11.3. The summed E-state index contributed by atoms with van der Waals surface area (Å²) in [6, 6.07) is 38.2. The van der Waals surface area contributed by atoms with Crippen molar-refractivity contribution >= 4 is 51.6 Å². The molecule has 468 valence electrons. The van der Waals surface area contributed by atoms with Crippen molar-refractivity contribution in [3.63, 3.8) is 0 Å². The fourth-order valence-corrected chi connectivity index (χ4v) is 11.3. The standard InChI is InChI=1S/C30H28F2N6.C22H24F4N4O2.C17H9FN4/c1-34-29(22-33)23-2-4-24(5-3-23)30(37-18-14-35(15-19-37)27-10-6-25(31)7-11-27)38-20-16-36(17-21-38)28-12-8-26(32)9-13-28;1-11-7-29(8-12(2)31-11)22(30-9-13(3)32-14(4)10-30)17-20(25)18(23)16(15(6-27)28-5)19(24)21(17)26;1-20-16(11-19)12-3-5-13(6-4-12)17(21-2)22-15-9-7-14(18)8-10-15/h2-13H,14-21H2;11-14H,7-10H2,1-4H3;3-10,22H. The number of nitriles is 3. The maximum atomic E-state index is 15.3. The topological polar surface area (TPSA) is 139 Å². The zero-order chi connectivity index (χ0) is 66.2. The molecular weight excluding hydrogens is 1190 g/mol. The number of piperazine rings is 2. The van der Waals surface area contributed by atoms with Gasteiger partial charge in [0.25, 0.3) is 17.1 Å². The van der Waals surface area contributed by atoms with Gasteiger partial charge in [-0.3, -0.25) is 0 Å². The Kier molecular flexibility index (Phi) is 22.5. The van der Waals surface area contributed by atoms with Crippen LogP contribution in [0.1, 0.15) is 27.7 Å². The molecule has 0 aliphatic carbocycles. The van der Waals surface area contributed by atoms with Crippen LogP contribution in [0.4, 0.5) is 47.8 Å². The molecule has 0 radical (unpaired) electrons. The van der Waals surface area contributed by atoms with Crippen molar-refractivity contribution in [2.45, 2.75) is 52.1 Å². The number of benzene rings is 6. The van der Waals surface area contributed by atoms with Gasteiger partial charge in [-0.1, -0.05) is 55.1 Å². The Balaban J connectivity index is 0.000000184. The predicted octanol–water partition coefficient (Wildman–Crippen LogP) is 7.78.